The van der Waals surface area contributed by atoms with Gasteiger partial charge in [0.1, 0.15) is 5.75 Å². The molecule has 0 bridgehead atoms. The van der Waals surface area contributed by atoms with Gasteiger partial charge in [-0.05, 0) is 42.8 Å². The number of nitrogens with zero attached hydrogens (tertiary/aromatic N) is 1. The summed E-state index contributed by atoms with van der Waals surface area (Å²) in [5.41, 5.74) is 1.86. The summed E-state index contributed by atoms with van der Waals surface area (Å²) in [4.78, 5) is 16.1. The van der Waals surface area contributed by atoms with Gasteiger partial charge in [-0.3, -0.25) is 9.78 Å². The van der Waals surface area contributed by atoms with Crippen molar-refractivity contribution < 1.29 is 9.53 Å². The van der Waals surface area contributed by atoms with E-state index in [0.717, 1.165) is 29.6 Å². The molecule has 134 valence electrons. The molecule has 3 aromatic rings. The van der Waals surface area contributed by atoms with Gasteiger partial charge in [-0.2, -0.15) is 0 Å². The number of nitrogens with one attached hydrogen (secondary N) is 2. The highest BCUT2D eigenvalue weighted by atomic mass is 35.5. The molecule has 0 unspecified atom stereocenters. The topological polar surface area (TPSA) is 63.2 Å². The van der Waals surface area contributed by atoms with Crippen molar-refractivity contribution >= 4 is 34.1 Å². The van der Waals surface area contributed by atoms with Crippen LogP contribution in [0, 0.1) is 0 Å². The Morgan fingerprint density at radius 1 is 1.08 bits per heavy atom. The van der Waals surface area contributed by atoms with E-state index in [2.05, 4.69) is 15.6 Å². The maximum absolute atomic E-state index is 11.8. The van der Waals surface area contributed by atoms with Crippen molar-refractivity contribution in [1.29, 1.82) is 0 Å². The number of anilines is 1. The fourth-order valence-electron chi connectivity index (χ4n) is 2.53. The van der Waals surface area contributed by atoms with Gasteiger partial charge in [0.2, 0.25) is 0 Å². The number of rotatable bonds is 8. The molecule has 0 fully saturated rings. The molecule has 0 saturated carbocycles. The maximum Gasteiger partial charge on any atom is 0.257 e. The third-order valence-electron chi connectivity index (χ3n) is 3.81. The Labute approximate surface area is 157 Å². The van der Waals surface area contributed by atoms with E-state index in [4.69, 9.17) is 16.3 Å². The van der Waals surface area contributed by atoms with Crippen LogP contribution in [0.1, 0.15) is 6.42 Å². The van der Waals surface area contributed by atoms with Crippen molar-refractivity contribution in [3.8, 4) is 5.75 Å². The predicted octanol–water partition coefficient (Wildman–Crippen LogP) is 3.89. The smallest absolute Gasteiger partial charge is 0.257 e. The molecular weight excluding hydrogens is 350 g/mol. The van der Waals surface area contributed by atoms with Gasteiger partial charge >= 0.3 is 0 Å². The molecule has 0 radical (unpaired) electrons. The predicted molar refractivity (Wildman–Crippen MR) is 105 cm³/mol. The van der Waals surface area contributed by atoms with E-state index < -0.39 is 0 Å². The van der Waals surface area contributed by atoms with Crippen molar-refractivity contribution in [2.45, 2.75) is 6.42 Å². The zero-order valence-electron chi connectivity index (χ0n) is 14.2. The summed E-state index contributed by atoms with van der Waals surface area (Å²) >= 11 is 6.00. The molecule has 0 atom stereocenters. The normalized spacial score (nSPS) is 10.5. The van der Waals surface area contributed by atoms with Crippen molar-refractivity contribution in [2.24, 2.45) is 0 Å². The zero-order chi connectivity index (χ0) is 18.2. The standard InChI is InChI=1S/C20H20ClN3O2/c21-15-7-8-17-18(9-12-23-19(17)13-15)22-10-4-11-24-20(25)14-26-16-5-2-1-3-6-16/h1-3,5-9,12-13H,4,10-11,14H2,(H,22,23)(H,24,25). The van der Waals surface area contributed by atoms with Gasteiger partial charge < -0.3 is 15.4 Å². The average Bonchev–Trinajstić information content (AvgIpc) is 2.66. The highest BCUT2D eigenvalue weighted by Gasteiger charge is 2.04. The molecule has 1 heterocycles. The van der Waals surface area contributed by atoms with Gasteiger partial charge in [0.25, 0.3) is 5.91 Å². The summed E-state index contributed by atoms with van der Waals surface area (Å²) in [7, 11) is 0. The maximum atomic E-state index is 11.8. The summed E-state index contributed by atoms with van der Waals surface area (Å²) < 4.78 is 5.41. The van der Waals surface area contributed by atoms with Crippen LogP contribution in [0.3, 0.4) is 0 Å². The quantitative estimate of drug-likeness (QED) is 0.591. The fourth-order valence-corrected chi connectivity index (χ4v) is 2.70. The number of hydrogen-bond donors (Lipinski definition) is 2. The first-order chi connectivity index (χ1) is 12.7. The Hall–Kier alpha value is -2.79. The van der Waals surface area contributed by atoms with Crippen LogP contribution in [-0.2, 0) is 4.79 Å². The molecule has 0 aliphatic carbocycles. The molecule has 0 spiro atoms. The van der Waals surface area contributed by atoms with Crippen LogP contribution in [0.5, 0.6) is 5.75 Å². The van der Waals surface area contributed by atoms with E-state index >= 15 is 0 Å². The van der Waals surface area contributed by atoms with Crippen molar-refractivity contribution in [3.63, 3.8) is 0 Å². The van der Waals surface area contributed by atoms with E-state index in [-0.39, 0.29) is 12.5 Å². The molecule has 6 heteroatoms. The van der Waals surface area contributed by atoms with Crippen LogP contribution >= 0.6 is 11.6 Å². The second-order valence-electron chi connectivity index (χ2n) is 5.75. The first-order valence-electron chi connectivity index (χ1n) is 8.45. The average molecular weight is 370 g/mol. The molecule has 26 heavy (non-hydrogen) atoms. The van der Waals surface area contributed by atoms with E-state index in [1.165, 1.54) is 0 Å². The van der Waals surface area contributed by atoms with Crippen LogP contribution in [0.2, 0.25) is 5.02 Å². The van der Waals surface area contributed by atoms with Gasteiger partial charge in [0, 0.05) is 35.4 Å². The molecule has 2 aromatic carbocycles. The fraction of sp³-hybridized carbons (Fsp3) is 0.200. The zero-order valence-corrected chi connectivity index (χ0v) is 15.0. The highest BCUT2D eigenvalue weighted by molar-refractivity contribution is 6.31. The first-order valence-corrected chi connectivity index (χ1v) is 8.83. The van der Waals surface area contributed by atoms with E-state index in [0.29, 0.717) is 17.3 Å². The van der Waals surface area contributed by atoms with Crippen molar-refractivity contribution in [2.75, 3.05) is 25.0 Å². The van der Waals surface area contributed by atoms with Gasteiger partial charge in [-0.25, -0.2) is 0 Å². The Morgan fingerprint density at radius 3 is 2.77 bits per heavy atom. The second kappa shape index (κ2) is 9.06. The number of ether oxygens (including phenoxy) is 1. The first kappa shape index (κ1) is 18.0. The summed E-state index contributed by atoms with van der Waals surface area (Å²) in [6.45, 7) is 1.34. The number of halogens is 1. The molecule has 0 saturated heterocycles. The lowest BCUT2D eigenvalue weighted by Gasteiger charge is -2.10. The molecule has 1 amide bonds. The molecule has 3 rings (SSSR count). The minimum atomic E-state index is -0.127. The molecule has 0 aliphatic heterocycles. The second-order valence-corrected chi connectivity index (χ2v) is 6.19. The lowest BCUT2D eigenvalue weighted by atomic mass is 10.2. The largest absolute Gasteiger partial charge is 0.484 e. The lowest BCUT2D eigenvalue weighted by Crippen LogP contribution is -2.30. The summed E-state index contributed by atoms with van der Waals surface area (Å²) in [5.74, 6) is 0.562. The number of para-hydroxylation sites is 1. The number of aromatic nitrogens is 1. The number of fused-ring (bicyclic) bond motifs is 1. The molecular formula is C20H20ClN3O2. The Kier molecular flexibility index (Phi) is 6.28. The summed E-state index contributed by atoms with van der Waals surface area (Å²) in [6.07, 6.45) is 2.55. The Bertz CT molecular complexity index is 871. The molecule has 0 aliphatic rings. The number of carbonyl (C=O) groups excluding carboxylic acids is 1. The van der Waals surface area contributed by atoms with Crippen LogP contribution in [-0.4, -0.2) is 30.6 Å². The van der Waals surface area contributed by atoms with Crippen LogP contribution in [0.4, 0.5) is 5.69 Å². The van der Waals surface area contributed by atoms with Gasteiger partial charge in [-0.1, -0.05) is 29.8 Å². The highest BCUT2D eigenvalue weighted by Crippen LogP contribution is 2.24. The van der Waals surface area contributed by atoms with Crippen LogP contribution in [0.25, 0.3) is 10.9 Å². The van der Waals surface area contributed by atoms with Gasteiger partial charge in [-0.15, -0.1) is 0 Å². The Morgan fingerprint density at radius 2 is 1.92 bits per heavy atom. The molecule has 2 N–H and O–H groups in total. The van der Waals surface area contributed by atoms with Gasteiger partial charge in [0.05, 0.1) is 5.52 Å². The number of hydrogen-bond acceptors (Lipinski definition) is 4. The van der Waals surface area contributed by atoms with E-state index in [1.54, 1.807) is 6.20 Å². The van der Waals surface area contributed by atoms with E-state index in [1.807, 2.05) is 54.6 Å². The minimum absolute atomic E-state index is 0.0210. The third kappa shape index (κ3) is 5.10. The monoisotopic (exact) mass is 369 g/mol. The van der Waals surface area contributed by atoms with Gasteiger partial charge in [0.15, 0.2) is 6.61 Å². The third-order valence-corrected chi connectivity index (χ3v) is 4.04. The number of carbonyl (C=O) groups is 1. The minimum Gasteiger partial charge on any atom is -0.484 e. The summed E-state index contributed by atoms with van der Waals surface area (Å²) in [6, 6.07) is 16.9. The lowest BCUT2D eigenvalue weighted by molar-refractivity contribution is -0.123. The number of benzene rings is 2. The van der Waals surface area contributed by atoms with Crippen LogP contribution in [0.15, 0.2) is 60.8 Å². The molecule has 1 aromatic heterocycles. The number of pyridine rings is 1. The Balaban J connectivity index is 1.39. The SMILES string of the molecule is O=C(COc1ccccc1)NCCCNc1ccnc2cc(Cl)ccc12. The van der Waals surface area contributed by atoms with Crippen molar-refractivity contribution in [3.05, 3.63) is 65.8 Å². The molecule has 5 nitrogen and oxygen atoms in total. The number of amides is 1. The van der Waals surface area contributed by atoms with Crippen LogP contribution < -0.4 is 15.4 Å². The van der Waals surface area contributed by atoms with Crippen molar-refractivity contribution in [1.82, 2.24) is 10.3 Å². The summed E-state index contributed by atoms with van der Waals surface area (Å²) in [5, 5.41) is 7.92. The van der Waals surface area contributed by atoms with E-state index in [9.17, 15) is 4.79 Å².